The fraction of sp³-hybridized carbons (Fsp3) is 0.385. The maximum atomic E-state index is 11.9. The van der Waals surface area contributed by atoms with Crippen molar-refractivity contribution in [1.29, 1.82) is 0 Å². The second-order valence-electron chi connectivity index (χ2n) is 4.40. The Hall–Kier alpha value is -2.08. The summed E-state index contributed by atoms with van der Waals surface area (Å²) in [5.74, 6) is -1.16. The molecule has 1 rings (SSSR count). The lowest BCUT2D eigenvalue weighted by Gasteiger charge is -2.21. The number of amides is 1. The molecule has 0 spiro atoms. The highest BCUT2D eigenvalue weighted by atomic mass is 16.4. The monoisotopic (exact) mass is 266 g/mol. The van der Waals surface area contributed by atoms with Gasteiger partial charge in [0.15, 0.2) is 0 Å². The summed E-state index contributed by atoms with van der Waals surface area (Å²) < 4.78 is 0. The number of likely N-dealkylation sites (N-methyl/N-ethyl adjacent to an activating group) is 1. The first-order valence-electron chi connectivity index (χ1n) is 5.90. The van der Waals surface area contributed by atoms with Crippen LogP contribution in [-0.4, -0.2) is 40.1 Å². The summed E-state index contributed by atoms with van der Waals surface area (Å²) in [5.41, 5.74) is 6.43. The van der Waals surface area contributed by atoms with Gasteiger partial charge >= 0.3 is 5.97 Å². The number of rotatable bonds is 6. The standard InChI is InChI=1S/C13H18N2O4/c1-15(8-9-3-2-4-10(16)7-9)13(19)11(14)5-6-12(17)18/h2-4,7,11,16H,5-6,8,14H2,1H3,(H,17,18). The van der Waals surface area contributed by atoms with Gasteiger partial charge < -0.3 is 20.8 Å². The molecule has 104 valence electrons. The zero-order valence-corrected chi connectivity index (χ0v) is 10.7. The van der Waals surface area contributed by atoms with E-state index in [2.05, 4.69) is 0 Å². The van der Waals surface area contributed by atoms with Crippen LogP contribution in [-0.2, 0) is 16.1 Å². The highest BCUT2D eigenvalue weighted by Crippen LogP contribution is 2.13. The fourth-order valence-electron chi connectivity index (χ4n) is 1.69. The van der Waals surface area contributed by atoms with Crippen molar-refractivity contribution in [2.75, 3.05) is 7.05 Å². The number of hydrogen-bond donors (Lipinski definition) is 3. The van der Waals surface area contributed by atoms with Gasteiger partial charge in [0.1, 0.15) is 5.75 Å². The van der Waals surface area contributed by atoms with Crippen LogP contribution in [0.5, 0.6) is 5.75 Å². The van der Waals surface area contributed by atoms with E-state index < -0.39 is 12.0 Å². The molecule has 6 nitrogen and oxygen atoms in total. The molecule has 0 aliphatic carbocycles. The summed E-state index contributed by atoms with van der Waals surface area (Å²) in [4.78, 5) is 23.7. The molecule has 1 aromatic rings. The van der Waals surface area contributed by atoms with E-state index in [1.54, 1.807) is 31.3 Å². The number of nitrogens with zero attached hydrogens (tertiary/aromatic N) is 1. The topological polar surface area (TPSA) is 104 Å². The van der Waals surface area contributed by atoms with E-state index in [0.29, 0.717) is 6.54 Å². The van der Waals surface area contributed by atoms with E-state index >= 15 is 0 Å². The van der Waals surface area contributed by atoms with Gasteiger partial charge in [0, 0.05) is 20.0 Å². The third-order valence-corrected chi connectivity index (χ3v) is 2.69. The van der Waals surface area contributed by atoms with Crippen LogP contribution in [0.1, 0.15) is 18.4 Å². The predicted molar refractivity (Wildman–Crippen MR) is 69.4 cm³/mol. The molecule has 4 N–H and O–H groups in total. The number of carbonyl (C=O) groups is 2. The van der Waals surface area contributed by atoms with Crippen molar-refractivity contribution in [2.45, 2.75) is 25.4 Å². The molecule has 1 unspecified atom stereocenters. The van der Waals surface area contributed by atoms with Crippen molar-refractivity contribution in [3.8, 4) is 5.75 Å². The Kier molecular flexibility index (Phi) is 5.32. The van der Waals surface area contributed by atoms with E-state index in [9.17, 15) is 14.7 Å². The minimum Gasteiger partial charge on any atom is -0.508 e. The molecule has 0 saturated carbocycles. The second kappa shape index (κ2) is 6.75. The highest BCUT2D eigenvalue weighted by Gasteiger charge is 2.19. The summed E-state index contributed by atoms with van der Waals surface area (Å²) >= 11 is 0. The van der Waals surface area contributed by atoms with E-state index in [4.69, 9.17) is 10.8 Å². The van der Waals surface area contributed by atoms with Gasteiger partial charge in [0.2, 0.25) is 5.91 Å². The number of aromatic hydroxyl groups is 1. The zero-order valence-electron chi connectivity index (χ0n) is 10.7. The normalized spacial score (nSPS) is 11.9. The summed E-state index contributed by atoms with van der Waals surface area (Å²) in [6.45, 7) is 0.313. The number of carboxylic acids is 1. The first-order chi connectivity index (χ1) is 8.90. The fourth-order valence-corrected chi connectivity index (χ4v) is 1.69. The Balaban J connectivity index is 2.54. The molecule has 0 bridgehead atoms. The number of hydrogen-bond acceptors (Lipinski definition) is 4. The van der Waals surface area contributed by atoms with Crippen LogP contribution in [0.3, 0.4) is 0 Å². The van der Waals surface area contributed by atoms with E-state index in [1.807, 2.05) is 0 Å². The first kappa shape index (κ1) is 15.0. The van der Waals surface area contributed by atoms with Crippen LogP contribution < -0.4 is 5.73 Å². The number of nitrogens with two attached hydrogens (primary N) is 1. The molecule has 1 aromatic carbocycles. The Morgan fingerprint density at radius 2 is 2.11 bits per heavy atom. The molecule has 0 fully saturated rings. The number of phenols is 1. The van der Waals surface area contributed by atoms with Gasteiger partial charge in [-0.1, -0.05) is 12.1 Å². The van der Waals surface area contributed by atoms with Crippen molar-refractivity contribution in [3.05, 3.63) is 29.8 Å². The van der Waals surface area contributed by atoms with Crippen LogP contribution in [0.2, 0.25) is 0 Å². The molecule has 0 aliphatic heterocycles. The van der Waals surface area contributed by atoms with Crippen molar-refractivity contribution >= 4 is 11.9 Å². The van der Waals surface area contributed by atoms with Crippen LogP contribution in [0.25, 0.3) is 0 Å². The van der Waals surface area contributed by atoms with Gasteiger partial charge in [-0.05, 0) is 24.1 Å². The average Bonchev–Trinajstić information content (AvgIpc) is 2.34. The number of carboxylic acid groups (broad SMARTS) is 1. The molecule has 0 heterocycles. The largest absolute Gasteiger partial charge is 0.508 e. The van der Waals surface area contributed by atoms with Crippen LogP contribution >= 0.6 is 0 Å². The number of phenolic OH excluding ortho intramolecular Hbond substituents is 1. The van der Waals surface area contributed by atoms with Crippen molar-refractivity contribution in [1.82, 2.24) is 4.90 Å². The highest BCUT2D eigenvalue weighted by molar-refractivity contribution is 5.82. The smallest absolute Gasteiger partial charge is 0.303 e. The Labute approximate surface area is 111 Å². The maximum absolute atomic E-state index is 11.9. The average molecular weight is 266 g/mol. The summed E-state index contributed by atoms with van der Waals surface area (Å²) in [6.07, 6.45) is -0.0224. The SMILES string of the molecule is CN(Cc1cccc(O)c1)C(=O)C(N)CCC(=O)O. The lowest BCUT2D eigenvalue weighted by molar-refractivity contribution is -0.137. The molecule has 1 atom stereocenters. The van der Waals surface area contributed by atoms with Crippen molar-refractivity contribution in [3.63, 3.8) is 0 Å². The minimum atomic E-state index is -0.973. The van der Waals surface area contributed by atoms with Gasteiger partial charge in [-0.2, -0.15) is 0 Å². The molecular formula is C13H18N2O4. The van der Waals surface area contributed by atoms with Crippen molar-refractivity contribution < 1.29 is 19.8 Å². The maximum Gasteiger partial charge on any atom is 0.303 e. The quantitative estimate of drug-likeness (QED) is 0.697. The van der Waals surface area contributed by atoms with Gasteiger partial charge in [-0.3, -0.25) is 9.59 Å². The minimum absolute atomic E-state index is 0.110. The molecular weight excluding hydrogens is 248 g/mol. The zero-order chi connectivity index (χ0) is 14.4. The van der Waals surface area contributed by atoms with Gasteiger partial charge in [-0.15, -0.1) is 0 Å². The van der Waals surface area contributed by atoms with Gasteiger partial charge in [0.25, 0.3) is 0 Å². The molecule has 19 heavy (non-hydrogen) atoms. The van der Waals surface area contributed by atoms with E-state index in [1.165, 1.54) is 4.90 Å². The Bertz CT molecular complexity index is 462. The molecule has 0 aromatic heterocycles. The van der Waals surface area contributed by atoms with E-state index in [-0.39, 0.29) is 24.5 Å². The third-order valence-electron chi connectivity index (χ3n) is 2.69. The van der Waals surface area contributed by atoms with Gasteiger partial charge in [0.05, 0.1) is 6.04 Å². The molecule has 1 amide bonds. The number of carbonyl (C=O) groups excluding carboxylic acids is 1. The Morgan fingerprint density at radius 1 is 1.42 bits per heavy atom. The molecule has 6 heteroatoms. The lowest BCUT2D eigenvalue weighted by Crippen LogP contribution is -2.41. The van der Waals surface area contributed by atoms with Crippen LogP contribution in [0.15, 0.2) is 24.3 Å². The summed E-state index contributed by atoms with van der Waals surface area (Å²) in [6, 6.07) is 5.76. The van der Waals surface area contributed by atoms with E-state index in [0.717, 1.165) is 5.56 Å². The molecule has 0 saturated heterocycles. The van der Waals surface area contributed by atoms with Crippen LogP contribution in [0, 0.1) is 0 Å². The molecule has 0 radical (unpaired) electrons. The van der Waals surface area contributed by atoms with Crippen molar-refractivity contribution in [2.24, 2.45) is 5.73 Å². The Morgan fingerprint density at radius 3 is 2.68 bits per heavy atom. The third kappa shape index (κ3) is 4.97. The summed E-state index contributed by atoms with van der Waals surface area (Å²) in [5, 5.41) is 17.9. The van der Waals surface area contributed by atoms with Crippen LogP contribution in [0.4, 0.5) is 0 Å². The lowest BCUT2D eigenvalue weighted by atomic mass is 10.1. The second-order valence-corrected chi connectivity index (χ2v) is 4.40. The first-order valence-corrected chi connectivity index (χ1v) is 5.90. The molecule has 0 aliphatic rings. The predicted octanol–water partition coefficient (Wildman–Crippen LogP) is 0.543. The number of benzene rings is 1. The van der Waals surface area contributed by atoms with Gasteiger partial charge in [-0.25, -0.2) is 0 Å². The summed E-state index contributed by atoms with van der Waals surface area (Å²) in [7, 11) is 1.59. The number of aliphatic carboxylic acids is 1.